The van der Waals surface area contributed by atoms with Crippen molar-refractivity contribution in [3.63, 3.8) is 0 Å². The van der Waals surface area contributed by atoms with Crippen molar-refractivity contribution in [2.75, 3.05) is 5.73 Å². The number of fused-ring (bicyclic) bond motifs is 2. The molecule has 4 aromatic rings. The first-order chi connectivity index (χ1) is 10.6. The van der Waals surface area contributed by atoms with Crippen LogP contribution < -0.4 is 5.73 Å². The second-order valence-electron chi connectivity index (χ2n) is 5.49. The highest BCUT2D eigenvalue weighted by molar-refractivity contribution is 6.10. The Morgan fingerprint density at radius 2 is 1.95 bits per heavy atom. The van der Waals surface area contributed by atoms with Gasteiger partial charge in [-0.3, -0.25) is 9.36 Å². The number of nitrogens with zero attached hydrogens (tertiary/aromatic N) is 1. The van der Waals surface area contributed by atoms with Crippen molar-refractivity contribution in [2.24, 2.45) is 0 Å². The Kier molecular flexibility index (Phi) is 2.60. The highest BCUT2D eigenvalue weighted by Crippen LogP contribution is 2.25. The predicted octanol–water partition coefficient (Wildman–Crippen LogP) is 3.70. The lowest BCUT2D eigenvalue weighted by Crippen LogP contribution is -2.13. The van der Waals surface area contributed by atoms with Crippen molar-refractivity contribution >= 4 is 33.4 Å². The molecule has 0 spiro atoms. The molecular weight excluding hydrogens is 274 g/mol. The lowest BCUT2D eigenvalue weighted by molar-refractivity contribution is 0.0964. The Bertz CT molecular complexity index is 1020. The van der Waals surface area contributed by atoms with Crippen LogP contribution in [0.5, 0.6) is 0 Å². The lowest BCUT2D eigenvalue weighted by atomic mass is 10.1. The van der Waals surface area contributed by atoms with Crippen LogP contribution in [-0.2, 0) is 0 Å². The number of nitrogens with two attached hydrogens (primary N) is 1. The van der Waals surface area contributed by atoms with Crippen molar-refractivity contribution in [1.82, 2.24) is 9.55 Å². The van der Waals surface area contributed by atoms with Crippen LogP contribution in [0.3, 0.4) is 0 Å². The molecule has 4 heteroatoms. The van der Waals surface area contributed by atoms with Gasteiger partial charge in [-0.25, -0.2) is 0 Å². The van der Waals surface area contributed by atoms with Crippen LogP contribution in [0, 0.1) is 6.92 Å². The van der Waals surface area contributed by atoms with Gasteiger partial charge in [0.25, 0.3) is 5.91 Å². The van der Waals surface area contributed by atoms with Crippen LogP contribution in [0.2, 0.25) is 0 Å². The van der Waals surface area contributed by atoms with Crippen LogP contribution in [-0.4, -0.2) is 15.5 Å². The van der Waals surface area contributed by atoms with E-state index in [1.54, 1.807) is 4.57 Å². The van der Waals surface area contributed by atoms with Crippen molar-refractivity contribution in [3.05, 3.63) is 66.0 Å². The third-order valence-electron chi connectivity index (χ3n) is 4.03. The predicted molar refractivity (Wildman–Crippen MR) is 89.1 cm³/mol. The van der Waals surface area contributed by atoms with Gasteiger partial charge in [-0.15, -0.1) is 0 Å². The van der Waals surface area contributed by atoms with Crippen LogP contribution >= 0.6 is 0 Å². The average molecular weight is 289 g/mol. The fourth-order valence-corrected chi connectivity index (χ4v) is 3.03. The van der Waals surface area contributed by atoms with E-state index in [1.165, 1.54) is 0 Å². The summed E-state index contributed by atoms with van der Waals surface area (Å²) in [6.07, 6.45) is 1.85. The molecule has 3 N–H and O–H groups in total. The van der Waals surface area contributed by atoms with Gasteiger partial charge in [0.15, 0.2) is 0 Å². The van der Waals surface area contributed by atoms with E-state index in [2.05, 4.69) is 4.98 Å². The van der Waals surface area contributed by atoms with Crippen LogP contribution in [0.25, 0.3) is 21.8 Å². The second kappa shape index (κ2) is 4.49. The summed E-state index contributed by atoms with van der Waals surface area (Å²) in [5, 5.41) is 2.01. The summed E-state index contributed by atoms with van der Waals surface area (Å²) < 4.78 is 1.74. The molecule has 0 amide bonds. The van der Waals surface area contributed by atoms with E-state index in [-0.39, 0.29) is 5.91 Å². The number of aryl methyl sites for hydroxylation is 1. The van der Waals surface area contributed by atoms with E-state index in [4.69, 9.17) is 5.73 Å². The number of hydrogen-bond acceptors (Lipinski definition) is 2. The zero-order valence-corrected chi connectivity index (χ0v) is 12.1. The van der Waals surface area contributed by atoms with Crippen LogP contribution in [0.15, 0.2) is 54.7 Å². The minimum absolute atomic E-state index is 0.0367. The fourth-order valence-electron chi connectivity index (χ4n) is 3.03. The number of benzene rings is 2. The number of para-hydroxylation sites is 1. The quantitative estimate of drug-likeness (QED) is 0.525. The zero-order valence-electron chi connectivity index (χ0n) is 12.1. The molecule has 0 unspecified atom stereocenters. The van der Waals surface area contributed by atoms with Crippen molar-refractivity contribution in [3.8, 4) is 0 Å². The van der Waals surface area contributed by atoms with Gasteiger partial charge >= 0.3 is 0 Å². The third-order valence-corrected chi connectivity index (χ3v) is 4.03. The maximum Gasteiger partial charge on any atom is 0.264 e. The molecule has 0 atom stereocenters. The molecular formula is C18H15N3O. The van der Waals surface area contributed by atoms with Crippen LogP contribution in [0.4, 0.5) is 5.69 Å². The first kappa shape index (κ1) is 12.7. The SMILES string of the molecule is Cc1cc2cc(N)ccc2n1C(=O)c1cccc2cc[nH]c12. The maximum absolute atomic E-state index is 13.1. The number of aromatic amines is 1. The zero-order chi connectivity index (χ0) is 15.3. The minimum Gasteiger partial charge on any atom is -0.399 e. The number of H-pyrrole nitrogens is 1. The topological polar surface area (TPSA) is 63.8 Å². The van der Waals surface area contributed by atoms with E-state index < -0.39 is 0 Å². The monoisotopic (exact) mass is 289 g/mol. The molecule has 22 heavy (non-hydrogen) atoms. The fraction of sp³-hybridized carbons (Fsp3) is 0.0556. The molecule has 4 rings (SSSR count). The van der Waals surface area contributed by atoms with Gasteiger partial charge in [-0.2, -0.15) is 0 Å². The number of carbonyl (C=O) groups excluding carboxylic acids is 1. The summed E-state index contributed by atoms with van der Waals surface area (Å²) >= 11 is 0. The van der Waals surface area contributed by atoms with Gasteiger partial charge in [0, 0.05) is 28.4 Å². The van der Waals surface area contributed by atoms with Gasteiger partial charge in [0.05, 0.1) is 16.6 Å². The van der Waals surface area contributed by atoms with Crippen molar-refractivity contribution < 1.29 is 4.79 Å². The van der Waals surface area contributed by atoms with Gasteiger partial charge < -0.3 is 10.7 Å². The number of rotatable bonds is 1. The lowest BCUT2D eigenvalue weighted by Gasteiger charge is -2.08. The normalized spacial score (nSPS) is 11.3. The van der Waals surface area contributed by atoms with Crippen molar-refractivity contribution in [1.29, 1.82) is 0 Å². The molecule has 0 bridgehead atoms. The summed E-state index contributed by atoms with van der Waals surface area (Å²) in [6, 6.07) is 15.3. The Morgan fingerprint density at radius 1 is 1.09 bits per heavy atom. The summed E-state index contributed by atoms with van der Waals surface area (Å²) in [5.41, 5.74) is 9.83. The Hall–Kier alpha value is -3.01. The van der Waals surface area contributed by atoms with E-state index in [9.17, 15) is 4.79 Å². The van der Waals surface area contributed by atoms with Gasteiger partial charge in [-0.1, -0.05) is 12.1 Å². The largest absolute Gasteiger partial charge is 0.399 e. The smallest absolute Gasteiger partial charge is 0.264 e. The number of aromatic nitrogens is 2. The van der Waals surface area contributed by atoms with Crippen LogP contribution in [0.1, 0.15) is 16.1 Å². The average Bonchev–Trinajstić information content (AvgIpc) is 3.09. The minimum atomic E-state index is -0.0367. The van der Waals surface area contributed by atoms with Gasteiger partial charge in [-0.05, 0) is 43.3 Å². The molecule has 0 aliphatic rings. The number of hydrogen-bond donors (Lipinski definition) is 2. The van der Waals surface area contributed by atoms with E-state index in [0.717, 1.165) is 27.5 Å². The Balaban J connectivity index is 1.97. The molecule has 0 aliphatic carbocycles. The van der Waals surface area contributed by atoms with E-state index in [0.29, 0.717) is 11.3 Å². The second-order valence-corrected chi connectivity index (χ2v) is 5.49. The summed E-state index contributed by atoms with van der Waals surface area (Å²) in [4.78, 5) is 16.2. The molecule has 0 saturated heterocycles. The standard InChI is InChI=1S/C18H15N3O/c1-11-9-13-10-14(19)5-6-16(13)21(11)18(22)15-4-2-3-12-7-8-20-17(12)15/h2-10,20H,19H2,1H3. The molecule has 0 fully saturated rings. The van der Waals surface area contributed by atoms with E-state index >= 15 is 0 Å². The number of nitrogens with one attached hydrogen (secondary N) is 1. The molecule has 0 radical (unpaired) electrons. The van der Waals surface area contributed by atoms with Gasteiger partial charge in [0.1, 0.15) is 0 Å². The summed E-state index contributed by atoms with van der Waals surface area (Å²) in [6.45, 7) is 1.93. The van der Waals surface area contributed by atoms with Gasteiger partial charge in [0.2, 0.25) is 0 Å². The number of carbonyl (C=O) groups is 1. The highest BCUT2D eigenvalue weighted by atomic mass is 16.2. The summed E-state index contributed by atoms with van der Waals surface area (Å²) in [5.74, 6) is -0.0367. The molecule has 0 aliphatic heterocycles. The molecule has 108 valence electrons. The Morgan fingerprint density at radius 3 is 2.82 bits per heavy atom. The molecule has 4 nitrogen and oxygen atoms in total. The first-order valence-electron chi connectivity index (χ1n) is 7.13. The third kappa shape index (κ3) is 1.74. The number of anilines is 1. The Labute approximate surface area is 127 Å². The maximum atomic E-state index is 13.1. The highest BCUT2D eigenvalue weighted by Gasteiger charge is 2.17. The molecule has 2 aromatic carbocycles. The molecule has 0 saturated carbocycles. The first-order valence-corrected chi connectivity index (χ1v) is 7.13. The number of nitrogen functional groups attached to an aromatic ring is 1. The molecule has 2 aromatic heterocycles. The summed E-state index contributed by atoms with van der Waals surface area (Å²) in [7, 11) is 0. The van der Waals surface area contributed by atoms with E-state index in [1.807, 2.05) is 61.7 Å². The van der Waals surface area contributed by atoms with Crippen molar-refractivity contribution in [2.45, 2.75) is 6.92 Å². The molecule has 2 heterocycles.